The van der Waals surface area contributed by atoms with Crippen LogP contribution in [0.4, 0.5) is 0 Å². The van der Waals surface area contributed by atoms with Gasteiger partial charge in [0.2, 0.25) is 0 Å². The maximum absolute atomic E-state index is 11.8. The van der Waals surface area contributed by atoms with Gasteiger partial charge in [0, 0.05) is 13.1 Å². The molecule has 1 fully saturated rings. The van der Waals surface area contributed by atoms with Crippen molar-refractivity contribution < 1.29 is 15.0 Å². The first-order valence-electron chi connectivity index (χ1n) is 6.92. The van der Waals surface area contributed by atoms with Crippen LogP contribution in [0, 0.1) is 0 Å². The summed E-state index contributed by atoms with van der Waals surface area (Å²) in [5, 5.41) is 24.8. The van der Waals surface area contributed by atoms with Gasteiger partial charge in [0.15, 0.2) is 0 Å². The van der Waals surface area contributed by atoms with Crippen LogP contribution < -0.4 is 10.6 Å². The zero-order valence-corrected chi connectivity index (χ0v) is 11.7. The fraction of sp³-hybridized carbons (Fsp3) is 0.533. The van der Waals surface area contributed by atoms with Crippen molar-refractivity contribution in [3.63, 3.8) is 0 Å². The Labute approximate surface area is 119 Å². The lowest BCUT2D eigenvalue weighted by atomic mass is 9.88. The molecule has 0 aliphatic carbocycles. The molecule has 1 aromatic rings. The van der Waals surface area contributed by atoms with Gasteiger partial charge in [0.1, 0.15) is 5.60 Å². The third kappa shape index (κ3) is 3.36. The lowest BCUT2D eigenvalue weighted by Crippen LogP contribution is -2.45. The Hall–Kier alpha value is -1.43. The molecule has 1 heterocycles. The maximum atomic E-state index is 11.8. The van der Waals surface area contributed by atoms with Crippen LogP contribution in [-0.2, 0) is 10.3 Å². The van der Waals surface area contributed by atoms with Gasteiger partial charge in [-0.15, -0.1) is 0 Å². The molecule has 20 heavy (non-hydrogen) atoms. The van der Waals surface area contributed by atoms with Gasteiger partial charge in [0.05, 0.1) is 12.1 Å². The molecule has 0 radical (unpaired) electrons. The molecule has 0 spiro atoms. The molecule has 2 atom stereocenters. The molecule has 1 aromatic carbocycles. The van der Waals surface area contributed by atoms with Gasteiger partial charge in [-0.1, -0.05) is 30.3 Å². The lowest BCUT2D eigenvalue weighted by Gasteiger charge is -2.24. The molecule has 0 saturated carbocycles. The number of rotatable bonds is 7. The third-order valence-electron chi connectivity index (χ3n) is 3.86. The first kappa shape index (κ1) is 15.0. The summed E-state index contributed by atoms with van der Waals surface area (Å²) in [6.07, 6.45) is 1.06. The molecule has 1 aliphatic rings. The standard InChI is InChI=1S/C15H22N2O3/c1-14(20,13(19)16-9-10-18)7-8-15(11-17-15)12-5-3-2-4-6-12/h2-6,17-18,20H,7-11H2,1H3,(H,16,19)/t14-,15-/m0/s1. The van der Waals surface area contributed by atoms with Crippen molar-refractivity contribution in [1.29, 1.82) is 0 Å². The van der Waals surface area contributed by atoms with Crippen LogP contribution in [0.25, 0.3) is 0 Å². The zero-order valence-electron chi connectivity index (χ0n) is 11.7. The molecule has 5 heteroatoms. The monoisotopic (exact) mass is 278 g/mol. The second-order valence-corrected chi connectivity index (χ2v) is 5.56. The summed E-state index contributed by atoms with van der Waals surface area (Å²) in [7, 11) is 0. The van der Waals surface area contributed by atoms with E-state index in [0.29, 0.717) is 12.8 Å². The molecule has 110 valence electrons. The van der Waals surface area contributed by atoms with E-state index in [0.717, 1.165) is 6.54 Å². The molecule has 0 aromatic heterocycles. The quantitative estimate of drug-likeness (QED) is 0.533. The number of nitrogens with one attached hydrogen (secondary N) is 2. The summed E-state index contributed by atoms with van der Waals surface area (Å²) in [5.41, 5.74) is -0.337. The fourth-order valence-electron chi connectivity index (χ4n) is 2.32. The minimum Gasteiger partial charge on any atom is -0.395 e. The average molecular weight is 278 g/mol. The molecular weight excluding hydrogens is 256 g/mol. The molecule has 0 unspecified atom stereocenters. The van der Waals surface area contributed by atoms with E-state index in [1.165, 1.54) is 12.5 Å². The summed E-state index contributed by atoms with van der Waals surface area (Å²) in [6.45, 7) is 2.42. The summed E-state index contributed by atoms with van der Waals surface area (Å²) < 4.78 is 0. The number of carbonyl (C=O) groups excluding carboxylic acids is 1. The molecule has 0 bridgehead atoms. The van der Waals surface area contributed by atoms with Crippen molar-refractivity contribution in [2.45, 2.75) is 30.9 Å². The highest BCUT2D eigenvalue weighted by atomic mass is 16.3. The normalized spacial score (nSPS) is 23.9. The van der Waals surface area contributed by atoms with E-state index in [2.05, 4.69) is 22.8 Å². The minimum absolute atomic E-state index is 0.109. The van der Waals surface area contributed by atoms with Crippen LogP contribution in [0.2, 0.25) is 0 Å². The highest BCUT2D eigenvalue weighted by molar-refractivity contribution is 5.84. The summed E-state index contributed by atoms with van der Waals surface area (Å²) in [5.74, 6) is -0.435. The van der Waals surface area contributed by atoms with E-state index >= 15 is 0 Å². The number of benzene rings is 1. The Kier molecular flexibility index (Phi) is 4.42. The first-order valence-corrected chi connectivity index (χ1v) is 6.92. The van der Waals surface area contributed by atoms with Crippen molar-refractivity contribution >= 4 is 5.91 Å². The van der Waals surface area contributed by atoms with Gasteiger partial charge in [0.25, 0.3) is 5.91 Å². The average Bonchev–Trinajstić information content (AvgIpc) is 3.25. The maximum Gasteiger partial charge on any atom is 0.251 e. The molecule has 4 N–H and O–H groups in total. The van der Waals surface area contributed by atoms with E-state index < -0.39 is 11.5 Å². The Morgan fingerprint density at radius 3 is 2.65 bits per heavy atom. The molecule has 1 amide bonds. The van der Waals surface area contributed by atoms with Crippen LogP contribution in [0.3, 0.4) is 0 Å². The summed E-state index contributed by atoms with van der Waals surface area (Å²) in [6, 6.07) is 10.1. The van der Waals surface area contributed by atoms with Gasteiger partial charge in [-0.2, -0.15) is 0 Å². The van der Waals surface area contributed by atoms with Crippen LogP contribution in [0.15, 0.2) is 30.3 Å². The minimum atomic E-state index is -1.42. The van der Waals surface area contributed by atoms with E-state index in [1.807, 2.05) is 18.2 Å². The van der Waals surface area contributed by atoms with Crippen molar-refractivity contribution in [3.8, 4) is 0 Å². The Morgan fingerprint density at radius 2 is 2.10 bits per heavy atom. The highest BCUT2D eigenvalue weighted by Gasteiger charge is 2.45. The number of aliphatic hydroxyl groups excluding tert-OH is 1. The Balaban J connectivity index is 1.93. The Morgan fingerprint density at radius 1 is 1.45 bits per heavy atom. The molecular formula is C15H22N2O3. The van der Waals surface area contributed by atoms with Gasteiger partial charge in [-0.05, 0) is 25.3 Å². The van der Waals surface area contributed by atoms with Crippen LogP contribution in [-0.4, -0.2) is 41.4 Å². The number of hydrogen-bond donors (Lipinski definition) is 4. The Bertz CT molecular complexity index is 455. The second-order valence-electron chi connectivity index (χ2n) is 5.56. The first-order chi connectivity index (χ1) is 9.50. The molecule has 5 nitrogen and oxygen atoms in total. The van der Waals surface area contributed by atoms with E-state index in [-0.39, 0.29) is 18.7 Å². The van der Waals surface area contributed by atoms with E-state index in [1.54, 1.807) is 0 Å². The third-order valence-corrected chi connectivity index (χ3v) is 3.86. The predicted molar refractivity (Wildman–Crippen MR) is 76.1 cm³/mol. The second kappa shape index (κ2) is 5.91. The van der Waals surface area contributed by atoms with Crippen molar-refractivity contribution in [3.05, 3.63) is 35.9 Å². The van der Waals surface area contributed by atoms with Crippen molar-refractivity contribution in [2.75, 3.05) is 19.7 Å². The van der Waals surface area contributed by atoms with Gasteiger partial charge in [-0.3, -0.25) is 4.79 Å². The number of aliphatic hydroxyl groups is 2. The number of amides is 1. The molecule has 1 saturated heterocycles. The van der Waals surface area contributed by atoms with Crippen LogP contribution >= 0.6 is 0 Å². The predicted octanol–water partition coefficient (Wildman–Crippen LogP) is 0.125. The van der Waals surface area contributed by atoms with Crippen molar-refractivity contribution in [1.82, 2.24) is 10.6 Å². The molecule has 1 aliphatic heterocycles. The number of carbonyl (C=O) groups is 1. The van der Waals surface area contributed by atoms with Crippen LogP contribution in [0.5, 0.6) is 0 Å². The van der Waals surface area contributed by atoms with E-state index in [4.69, 9.17) is 5.11 Å². The summed E-state index contributed by atoms with van der Waals surface area (Å²) >= 11 is 0. The highest BCUT2D eigenvalue weighted by Crippen LogP contribution is 2.37. The smallest absolute Gasteiger partial charge is 0.251 e. The fourth-order valence-corrected chi connectivity index (χ4v) is 2.32. The SMILES string of the molecule is C[C@](O)(CC[C@@]1(c2ccccc2)CN1)C(=O)NCCO. The van der Waals surface area contributed by atoms with E-state index in [9.17, 15) is 9.90 Å². The lowest BCUT2D eigenvalue weighted by molar-refractivity contribution is -0.139. The molecule has 2 rings (SSSR count). The van der Waals surface area contributed by atoms with Crippen LogP contribution in [0.1, 0.15) is 25.3 Å². The number of hydrogen-bond acceptors (Lipinski definition) is 4. The topological polar surface area (TPSA) is 91.5 Å². The van der Waals surface area contributed by atoms with Crippen molar-refractivity contribution in [2.24, 2.45) is 0 Å². The largest absolute Gasteiger partial charge is 0.395 e. The zero-order chi connectivity index (χ0) is 14.6. The summed E-state index contributed by atoms with van der Waals surface area (Å²) in [4.78, 5) is 11.8. The van der Waals surface area contributed by atoms with Gasteiger partial charge < -0.3 is 20.8 Å². The van der Waals surface area contributed by atoms with Gasteiger partial charge >= 0.3 is 0 Å². The van der Waals surface area contributed by atoms with Gasteiger partial charge in [-0.25, -0.2) is 0 Å².